The highest BCUT2D eigenvalue weighted by Gasteiger charge is 2.14. The summed E-state index contributed by atoms with van der Waals surface area (Å²) < 4.78 is 5.37. The fraction of sp³-hybridized carbons (Fsp3) is 0.121. The summed E-state index contributed by atoms with van der Waals surface area (Å²) in [6, 6.07) is 40.9. The number of aliphatic hydroxyl groups is 1. The van der Waals surface area contributed by atoms with E-state index in [0.29, 0.717) is 6.42 Å². The first-order valence-corrected chi connectivity index (χ1v) is 12.4. The molecule has 1 atom stereocenters. The Balaban J connectivity index is 1.39. The third kappa shape index (κ3) is 5.71. The maximum Gasteiger partial charge on any atom is 0.119 e. The molecule has 0 saturated carbocycles. The van der Waals surface area contributed by atoms with E-state index in [1.54, 1.807) is 7.11 Å². The van der Waals surface area contributed by atoms with Crippen molar-refractivity contribution in [3.8, 4) is 17.0 Å². The van der Waals surface area contributed by atoms with Crippen LogP contribution in [0.25, 0.3) is 11.3 Å². The lowest BCUT2D eigenvalue weighted by atomic mass is 10.0. The summed E-state index contributed by atoms with van der Waals surface area (Å²) in [6.07, 6.45) is -0.238. The average molecular weight is 487 g/mol. The van der Waals surface area contributed by atoms with Gasteiger partial charge in [-0.2, -0.15) is 0 Å². The van der Waals surface area contributed by atoms with Crippen LogP contribution in [0.2, 0.25) is 0 Å². The van der Waals surface area contributed by atoms with Crippen LogP contribution in [-0.2, 0) is 6.42 Å². The Morgan fingerprint density at radius 3 is 1.97 bits per heavy atom. The lowest BCUT2D eigenvalue weighted by molar-refractivity contribution is 0.177. The van der Waals surface area contributed by atoms with Crippen LogP contribution in [0.3, 0.4) is 0 Å². The molecule has 4 nitrogen and oxygen atoms in total. The van der Waals surface area contributed by atoms with Crippen molar-refractivity contribution in [3.05, 3.63) is 138 Å². The molecule has 184 valence electrons. The molecule has 0 spiro atoms. The summed E-state index contributed by atoms with van der Waals surface area (Å²) >= 11 is 0. The number of hydrogen-bond acceptors (Lipinski definition) is 4. The topological polar surface area (TPSA) is 45.6 Å². The highest BCUT2D eigenvalue weighted by atomic mass is 16.5. The number of anilines is 3. The number of aryl methyl sites for hydroxylation is 1. The van der Waals surface area contributed by atoms with Gasteiger partial charge < -0.3 is 14.7 Å². The third-order valence-corrected chi connectivity index (χ3v) is 6.35. The van der Waals surface area contributed by atoms with Crippen molar-refractivity contribution in [2.75, 3.05) is 12.0 Å². The van der Waals surface area contributed by atoms with Gasteiger partial charge in [0.2, 0.25) is 0 Å². The molecule has 0 bridgehead atoms. The summed E-state index contributed by atoms with van der Waals surface area (Å²) in [4.78, 5) is 7.10. The third-order valence-electron chi connectivity index (χ3n) is 6.35. The van der Waals surface area contributed by atoms with Crippen molar-refractivity contribution in [1.82, 2.24) is 4.98 Å². The largest absolute Gasteiger partial charge is 0.497 e. The average Bonchev–Trinajstić information content (AvgIpc) is 2.94. The van der Waals surface area contributed by atoms with E-state index in [1.165, 1.54) is 0 Å². The predicted octanol–water partition coefficient (Wildman–Crippen LogP) is 7.81. The molecule has 1 aromatic heterocycles. The highest BCUT2D eigenvalue weighted by molar-refractivity contribution is 5.77. The first kappa shape index (κ1) is 24.3. The van der Waals surface area contributed by atoms with Crippen molar-refractivity contribution >= 4 is 17.1 Å². The summed E-state index contributed by atoms with van der Waals surface area (Å²) in [6.45, 7) is 2.00. The Hall–Kier alpha value is -4.41. The van der Waals surface area contributed by atoms with Gasteiger partial charge in [-0.05, 0) is 78.7 Å². The van der Waals surface area contributed by atoms with Crippen LogP contribution in [0.1, 0.15) is 22.9 Å². The van der Waals surface area contributed by atoms with E-state index in [4.69, 9.17) is 9.72 Å². The van der Waals surface area contributed by atoms with E-state index >= 15 is 0 Å². The van der Waals surface area contributed by atoms with Crippen molar-refractivity contribution in [2.24, 2.45) is 0 Å². The minimum atomic E-state index is -0.663. The zero-order valence-corrected chi connectivity index (χ0v) is 21.1. The molecule has 4 heteroatoms. The number of benzene rings is 4. The summed E-state index contributed by atoms with van der Waals surface area (Å²) in [5.41, 5.74) is 7.89. The van der Waals surface area contributed by atoms with Crippen molar-refractivity contribution in [2.45, 2.75) is 19.4 Å². The number of aromatic nitrogens is 1. The normalized spacial score (nSPS) is 11.6. The lowest BCUT2D eigenvalue weighted by Gasteiger charge is -2.25. The molecule has 0 saturated heterocycles. The lowest BCUT2D eigenvalue weighted by Crippen LogP contribution is -2.09. The Kier molecular flexibility index (Phi) is 7.29. The molecule has 0 aliphatic heterocycles. The second kappa shape index (κ2) is 11.1. The van der Waals surface area contributed by atoms with E-state index < -0.39 is 6.10 Å². The van der Waals surface area contributed by atoms with Gasteiger partial charge in [0.25, 0.3) is 0 Å². The standard InChI is InChI=1S/C33H30N2O2/c1-24-20-26(22-31(21-24)37-2)33(36)23-27-10-9-15-32(34-27)25-16-18-30(19-17-25)35(28-11-5-3-6-12-28)29-13-7-4-8-14-29/h3-22,33,36H,23H2,1-2H3. The second-order valence-electron chi connectivity index (χ2n) is 9.07. The SMILES string of the molecule is COc1cc(C)cc(C(O)Cc2cccc(-c3ccc(N(c4ccccc4)c4ccccc4)cc3)n2)c1. The van der Waals surface area contributed by atoms with E-state index in [0.717, 1.165) is 50.9 Å². The summed E-state index contributed by atoms with van der Waals surface area (Å²) in [5, 5.41) is 10.9. The number of aliphatic hydroxyl groups excluding tert-OH is 1. The van der Waals surface area contributed by atoms with Gasteiger partial charge in [-0.1, -0.05) is 60.7 Å². The maximum absolute atomic E-state index is 10.9. The molecule has 0 fully saturated rings. The summed E-state index contributed by atoms with van der Waals surface area (Å²) in [7, 11) is 1.64. The molecule has 1 heterocycles. The minimum Gasteiger partial charge on any atom is -0.497 e. The van der Waals surface area contributed by atoms with Gasteiger partial charge in [0.05, 0.1) is 18.9 Å². The van der Waals surface area contributed by atoms with Gasteiger partial charge in [0.1, 0.15) is 5.75 Å². The number of hydrogen-bond donors (Lipinski definition) is 1. The summed E-state index contributed by atoms with van der Waals surface area (Å²) in [5.74, 6) is 0.746. The smallest absolute Gasteiger partial charge is 0.119 e. The highest BCUT2D eigenvalue weighted by Crippen LogP contribution is 2.35. The van der Waals surface area contributed by atoms with Crippen LogP contribution in [0.15, 0.2) is 121 Å². The number of rotatable bonds is 8. The van der Waals surface area contributed by atoms with E-state index in [1.807, 2.05) is 55.5 Å². The van der Waals surface area contributed by atoms with E-state index in [2.05, 4.69) is 77.7 Å². The zero-order chi connectivity index (χ0) is 25.6. The fourth-order valence-electron chi connectivity index (χ4n) is 4.54. The van der Waals surface area contributed by atoms with Crippen LogP contribution in [0, 0.1) is 6.92 Å². The van der Waals surface area contributed by atoms with Crippen LogP contribution in [-0.4, -0.2) is 17.2 Å². The molecule has 1 unspecified atom stereocenters. The molecule has 4 aromatic carbocycles. The number of ether oxygens (including phenoxy) is 1. The molecule has 0 amide bonds. The Morgan fingerprint density at radius 2 is 1.35 bits per heavy atom. The first-order valence-electron chi connectivity index (χ1n) is 12.4. The van der Waals surface area contributed by atoms with Crippen LogP contribution >= 0.6 is 0 Å². The molecular formula is C33H30N2O2. The molecule has 5 aromatic rings. The molecule has 5 rings (SSSR count). The van der Waals surface area contributed by atoms with Gasteiger partial charge in [-0.15, -0.1) is 0 Å². The number of methoxy groups -OCH3 is 1. The van der Waals surface area contributed by atoms with Crippen LogP contribution < -0.4 is 9.64 Å². The van der Waals surface area contributed by atoms with Gasteiger partial charge >= 0.3 is 0 Å². The predicted molar refractivity (Wildman–Crippen MR) is 151 cm³/mol. The van der Waals surface area contributed by atoms with Crippen LogP contribution in [0.4, 0.5) is 17.1 Å². The van der Waals surface area contributed by atoms with Gasteiger partial charge in [-0.3, -0.25) is 4.98 Å². The van der Waals surface area contributed by atoms with Crippen molar-refractivity contribution in [3.63, 3.8) is 0 Å². The molecule has 37 heavy (non-hydrogen) atoms. The fourth-order valence-corrected chi connectivity index (χ4v) is 4.54. The maximum atomic E-state index is 10.9. The van der Waals surface area contributed by atoms with Crippen LogP contribution in [0.5, 0.6) is 5.75 Å². The van der Waals surface area contributed by atoms with E-state index in [9.17, 15) is 5.11 Å². The quantitative estimate of drug-likeness (QED) is 0.243. The number of nitrogens with zero attached hydrogens (tertiary/aromatic N) is 2. The van der Waals surface area contributed by atoms with Crippen molar-refractivity contribution in [1.29, 1.82) is 0 Å². The molecule has 0 aliphatic rings. The van der Waals surface area contributed by atoms with Gasteiger partial charge in [0.15, 0.2) is 0 Å². The van der Waals surface area contributed by atoms with Gasteiger partial charge in [0, 0.05) is 34.7 Å². The Labute approximate surface area is 218 Å². The molecule has 0 aliphatic carbocycles. The number of para-hydroxylation sites is 2. The monoisotopic (exact) mass is 486 g/mol. The number of pyridine rings is 1. The Bertz CT molecular complexity index is 1410. The Morgan fingerprint density at radius 1 is 0.730 bits per heavy atom. The zero-order valence-electron chi connectivity index (χ0n) is 21.1. The van der Waals surface area contributed by atoms with Crippen molar-refractivity contribution < 1.29 is 9.84 Å². The minimum absolute atomic E-state index is 0.425. The first-order chi connectivity index (χ1) is 18.1. The van der Waals surface area contributed by atoms with Gasteiger partial charge in [-0.25, -0.2) is 0 Å². The molecule has 1 N–H and O–H groups in total. The molecule has 0 radical (unpaired) electrons. The molecular weight excluding hydrogens is 456 g/mol. The second-order valence-corrected chi connectivity index (χ2v) is 9.07. The van der Waals surface area contributed by atoms with E-state index in [-0.39, 0.29) is 0 Å².